The highest BCUT2D eigenvalue weighted by Gasteiger charge is 2.40. The van der Waals surface area contributed by atoms with Crippen LogP contribution < -0.4 is 10.2 Å². The van der Waals surface area contributed by atoms with E-state index in [2.05, 4.69) is 41.4 Å². The Morgan fingerprint density at radius 3 is 2.17 bits per heavy atom. The molecule has 0 bridgehead atoms. The van der Waals surface area contributed by atoms with Gasteiger partial charge >= 0.3 is 0 Å². The Kier molecular flexibility index (Phi) is 5.96. The third kappa shape index (κ3) is 4.61. The molecule has 1 fully saturated rings. The molecule has 154 valence electrons. The second-order valence-corrected chi connectivity index (χ2v) is 8.52. The van der Waals surface area contributed by atoms with E-state index in [-0.39, 0.29) is 11.8 Å². The number of carbonyl (C=O) groups excluding carboxylic acids is 2. The van der Waals surface area contributed by atoms with Crippen LogP contribution in [-0.2, 0) is 9.59 Å². The smallest absolute Gasteiger partial charge is 0.239 e. The standard InChI is InChI=1S/C24H31N3O2/c1-17-7-6-8-20(16-17)26-11-13-27(14-12-26)23(29)24(4,5)22(28)25-21-10-9-18(2)15-19(21)3/h6-10,15-16H,11-14H2,1-5H3,(H,25,28). The van der Waals surface area contributed by atoms with E-state index in [1.165, 1.54) is 11.3 Å². The van der Waals surface area contributed by atoms with Gasteiger partial charge in [-0.25, -0.2) is 0 Å². The summed E-state index contributed by atoms with van der Waals surface area (Å²) in [6.45, 7) is 12.3. The second kappa shape index (κ2) is 8.27. The molecule has 1 heterocycles. The van der Waals surface area contributed by atoms with Gasteiger partial charge in [-0.3, -0.25) is 9.59 Å². The first-order chi connectivity index (χ1) is 13.7. The largest absolute Gasteiger partial charge is 0.368 e. The average molecular weight is 394 g/mol. The molecule has 0 saturated carbocycles. The molecule has 2 aromatic rings. The number of nitrogens with one attached hydrogen (secondary N) is 1. The summed E-state index contributed by atoms with van der Waals surface area (Å²) >= 11 is 0. The first-order valence-corrected chi connectivity index (χ1v) is 10.2. The van der Waals surface area contributed by atoms with E-state index in [0.29, 0.717) is 13.1 Å². The van der Waals surface area contributed by atoms with Crippen LogP contribution in [0, 0.1) is 26.2 Å². The molecule has 2 aromatic carbocycles. The van der Waals surface area contributed by atoms with Gasteiger partial charge in [0.25, 0.3) is 0 Å². The molecule has 0 unspecified atom stereocenters. The van der Waals surface area contributed by atoms with Crippen molar-refractivity contribution in [2.45, 2.75) is 34.6 Å². The van der Waals surface area contributed by atoms with E-state index in [9.17, 15) is 9.59 Å². The van der Waals surface area contributed by atoms with E-state index in [1.54, 1.807) is 13.8 Å². The van der Waals surface area contributed by atoms with Crippen molar-refractivity contribution in [2.75, 3.05) is 36.4 Å². The SMILES string of the molecule is Cc1cccc(N2CCN(C(=O)C(C)(C)C(=O)Nc3ccc(C)cc3C)CC2)c1. The van der Waals surface area contributed by atoms with Gasteiger partial charge < -0.3 is 15.1 Å². The van der Waals surface area contributed by atoms with Crippen LogP contribution >= 0.6 is 0 Å². The van der Waals surface area contributed by atoms with Crippen molar-refractivity contribution < 1.29 is 9.59 Å². The van der Waals surface area contributed by atoms with Crippen LogP contribution in [0.5, 0.6) is 0 Å². The number of benzene rings is 2. The summed E-state index contributed by atoms with van der Waals surface area (Å²) in [5.74, 6) is -0.390. The van der Waals surface area contributed by atoms with Crippen molar-refractivity contribution >= 4 is 23.2 Å². The number of piperazine rings is 1. The quantitative estimate of drug-likeness (QED) is 0.801. The van der Waals surface area contributed by atoms with Crippen molar-refractivity contribution in [1.29, 1.82) is 0 Å². The minimum Gasteiger partial charge on any atom is -0.368 e. The molecule has 5 heteroatoms. The van der Waals surface area contributed by atoms with Gasteiger partial charge in [-0.1, -0.05) is 29.8 Å². The summed E-state index contributed by atoms with van der Waals surface area (Å²) < 4.78 is 0. The lowest BCUT2D eigenvalue weighted by molar-refractivity contribution is -0.146. The van der Waals surface area contributed by atoms with Crippen molar-refractivity contribution in [1.82, 2.24) is 4.90 Å². The fraction of sp³-hybridized carbons (Fsp3) is 0.417. The lowest BCUT2D eigenvalue weighted by atomic mass is 9.89. The zero-order chi connectivity index (χ0) is 21.2. The molecule has 0 aliphatic carbocycles. The molecule has 0 spiro atoms. The third-order valence-corrected chi connectivity index (χ3v) is 5.67. The molecule has 1 aliphatic heterocycles. The third-order valence-electron chi connectivity index (χ3n) is 5.67. The van der Waals surface area contributed by atoms with Crippen molar-refractivity contribution in [3.63, 3.8) is 0 Å². The highest BCUT2D eigenvalue weighted by Crippen LogP contribution is 2.25. The predicted octanol–water partition coefficient (Wildman–Crippen LogP) is 3.93. The number of hydrogen-bond acceptors (Lipinski definition) is 3. The Labute approximate surface area is 173 Å². The van der Waals surface area contributed by atoms with Gasteiger partial charge in [-0.05, 0) is 63.9 Å². The van der Waals surface area contributed by atoms with Gasteiger partial charge in [-0.2, -0.15) is 0 Å². The van der Waals surface area contributed by atoms with E-state index in [0.717, 1.165) is 29.9 Å². The summed E-state index contributed by atoms with van der Waals surface area (Å²) in [6.07, 6.45) is 0. The number of aryl methyl sites for hydroxylation is 3. The van der Waals surface area contributed by atoms with Crippen molar-refractivity contribution in [2.24, 2.45) is 5.41 Å². The molecule has 1 saturated heterocycles. The van der Waals surface area contributed by atoms with E-state index in [4.69, 9.17) is 0 Å². The fourth-order valence-electron chi connectivity index (χ4n) is 3.72. The topological polar surface area (TPSA) is 52.7 Å². The molecule has 1 N–H and O–H groups in total. The number of nitrogens with zero attached hydrogens (tertiary/aromatic N) is 2. The van der Waals surface area contributed by atoms with Crippen LogP contribution in [0.4, 0.5) is 11.4 Å². The van der Waals surface area contributed by atoms with Crippen molar-refractivity contribution in [3.05, 3.63) is 59.2 Å². The number of amides is 2. The highest BCUT2D eigenvalue weighted by molar-refractivity contribution is 6.10. The molecule has 0 aromatic heterocycles. The second-order valence-electron chi connectivity index (χ2n) is 8.52. The van der Waals surface area contributed by atoms with Crippen LogP contribution in [0.25, 0.3) is 0 Å². The summed E-state index contributed by atoms with van der Waals surface area (Å²) in [4.78, 5) is 30.1. The maximum Gasteiger partial charge on any atom is 0.239 e. The van der Waals surface area contributed by atoms with Gasteiger partial charge in [-0.15, -0.1) is 0 Å². The molecular weight excluding hydrogens is 362 g/mol. The Morgan fingerprint density at radius 1 is 0.897 bits per heavy atom. The highest BCUT2D eigenvalue weighted by atomic mass is 16.2. The predicted molar refractivity (Wildman–Crippen MR) is 118 cm³/mol. The van der Waals surface area contributed by atoms with E-state index < -0.39 is 5.41 Å². The first kappa shape index (κ1) is 20.9. The molecule has 0 atom stereocenters. The zero-order valence-electron chi connectivity index (χ0n) is 18.1. The lowest BCUT2D eigenvalue weighted by Crippen LogP contribution is -2.54. The monoisotopic (exact) mass is 393 g/mol. The molecule has 1 aliphatic rings. The van der Waals surface area contributed by atoms with Gasteiger partial charge in [0.05, 0.1) is 0 Å². The minimum atomic E-state index is -1.12. The number of hydrogen-bond donors (Lipinski definition) is 1. The van der Waals surface area contributed by atoms with Gasteiger partial charge in [0.2, 0.25) is 11.8 Å². The van der Waals surface area contributed by atoms with Crippen LogP contribution in [0.15, 0.2) is 42.5 Å². The van der Waals surface area contributed by atoms with E-state index >= 15 is 0 Å². The normalized spacial score (nSPS) is 14.7. The van der Waals surface area contributed by atoms with Crippen molar-refractivity contribution in [3.8, 4) is 0 Å². The molecule has 3 rings (SSSR count). The van der Waals surface area contributed by atoms with Crippen LogP contribution in [0.1, 0.15) is 30.5 Å². The number of rotatable bonds is 4. The molecule has 29 heavy (non-hydrogen) atoms. The minimum absolute atomic E-state index is 0.122. The van der Waals surface area contributed by atoms with Gasteiger partial charge in [0.1, 0.15) is 5.41 Å². The molecular formula is C24H31N3O2. The Balaban J connectivity index is 1.63. The number of anilines is 2. The summed E-state index contributed by atoms with van der Waals surface area (Å²) in [7, 11) is 0. The van der Waals surface area contributed by atoms with Gasteiger partial charge in [0, 0.05) is 37.6 Å². The molecule has 0 radical (unpaired) electrons. The Morgan fingerprint density at radius 2 is 1.55 bits per heavy atom. The summed E-state index contributed by atoms with van der Waals surface area (Å²) in [5.41, 5.74) is 4.18. The Bertz CT molecular complexity index is 912. The maximum atomic E-state index is 13.1. The molecule has 2 amide bonds. The Hall–Kier alpha value is -2.82. The number of carbonyl (C=O) groups is 2. The van der Waals surface area contributed by atoms with Crippen LogP contribution in [0.3, 0.4) is 0 Å². The van der Waals surface area contributed by atoms with Gasteiger partial charge in [0.15, 0.2) is 0 Å². The summed E-state index contributed by atoms with van der Waals surface area (Å²) in [5, 5.41) is 2.94. The zero-order valence-corrected chi connectivity index (χ0v) is 18.1. The summed E-state index contributed by atoms with van der Waals surface area (Å²) in [6, 6.07) is 14.3. The first-order valence-electron chi connectivity index (χ1n) is 10.2. The van der Waals surface area contributed by atoms with E-state index in [1.807, 2.05) is 36.9 Å². The molecule has 5 nitrogen and oxygen atoms in total. The van der Waals surface area contributed by atoms with Crippen LogP contribution in [-0.4, -0.2) is 42.9 Å². The average Bonchev–Trinajstić information content (AvgIpc) is 2.69. The fourth-order valence-corrected chi connectivity index (χ4v) is 3.72. The maximum absolute atomic E-state index is 13.1. The lowest BCUT2D eigenvalue weighted by Gasteiger charge is -2.39. The van der Waals surface area contributed by atoms with Crippen LogP contribution in [0.2, 0.25) is 0 Å².